The highest BCUT2D eigenvalue weighted by molar-refractivity contribution is 5.02. The second-order valence-corrected chi connectivity index (χ2v) is 4.59. The van der Waals surface area contributed by atoms with Crippen molar-refractivity contribution in [3.63, 3.8) is 0 Å². The van der Waals surface area contributed by atoms with Gasteiger partial charge in [-0.25, -0.2) is 4.39 Å². The second kappa shape index (κ2) is 6.70. The number of hydrogen-bond acceptors (Lipinski definition) is 2. The van der Waals surface area contributed by atoms with Crippen LogP contribution in [0.1, 0.15) is 0 Å². The number of ether oxygens (including phenoxy) is 1. The van der Waals surface area contributed by atoms with E-state index in [9.17, 15) is 70.2 Å². The van der Waals surface area contributed by atoms with Crippen LogP contribution >= 0.6 is 0 Å². The Kier molecular flexibility index (Phi) is 6.40. The van der Waals surface area contributed by atoms with Crippen LogP contribution in [0.5, 0.6) is 0 Å². The molecule has 0 fully saturated rings. The molecule has 164 valence electrons. The molecule has 0 unspecified atom stereocenters. The van der Waals surface area contributed by atoms with Crippen LogP contribution in [-0.4, -0.2) is 61.0 Å². The maximum absolute atomic E-state index is 13.3. The van der Waals surface area contributed by atoms with Crippen LogP contribution in [0.4, 0.5) is 70.2 Å². The molecule has 0 heterocycles. The predicted octanol–water partition coefficient (Wildman–Crippen LogP) is 5.11. The number of methoxy groups -OCH3 is 1. The van der Waals surface area contributed by atoms with Gasteiger partial charge in [0, 0.05) is 7.11 Å². The summed E-state index contributed by atoms with van der Waals surface area (Å²) in [5.41, 5.74) is 0. The van der Waals surface area contributed by atoms with Crippen LogP contribution in [0, 0.1) is 0 Å². The molecule has 0 aromatic heterocycles. The van der Waals surface area contributed by atoms with Crippen molar-refractivity contribution >= 4 is 0 Å². The van der Waals surface area contributed by atoms with Gasteiger partial charge in [-0.15, -0.1) is 0 Å². The van der Waals surface area contributed by atoms with Crippen molar-refractivity contribution < 1.29 is 75.0 Å². The Morgan fingerprint density at radius 3 is 1.22 bits per heavy atom. The van der Waals surface area contributed by atoms with Crippen molar-refractivity contribution in [2.24, 2.45) is 0 Å². The molecule has 0 saturated heterocycles. The molecule has 0 aromatic carbocycles. The summed E-state index contributed by atoms with van der Waals surface area (Å²) in [5.74, 6) is -22.1. The van der Waals surface area contributed by atoms with Crippen LogP contribution in [0.2, 0.25) is 0 Å². The smallest absolute Gasteiger partial charge is 0.319 e. The third-order valence-corrected chi connectivity index (χ3v) is 2.82. The van der Waals surface area contributed by atoms with E-state index in [1.807, 2.05) is 0 Å². The van der Waals surface area contributed by atoms with Crippen LogP contribution in [0.3, 0.4) is 0 Å². The van der Waals surface area contributed by atoms with Crippen molar-refractivity contribution in [3.05, 3.63) is 0 Å². The topological polar surface area (TPSA) is 12.5 Å². The Morgan fingerprint density at radius 2 is 0.963 bits per heavy atom. The summed E-state index contributed by atoms with van der Waals surface area (Å²) < 4.78 is 207. The number of hydrogen-bond donors (Lipinski definition) is 0. The van der Waals surface area contributed by atoms with Gasteiger partial charge in [0.2, 0.25) is 0 Å². The molecule has 0 rings (SSSR count). The van der Waals surface area contributed by atoms with Crippen molar-refractivity contribution in [2.75, 3.05) is 13.8 Å². The van der Waals surface area contributed by atoms with Gasteiger partial charge >= 0.3 is 42.3 Å². The first-order valence-electron chi connectivity index (χ1n) is 5.74. The van der Waals surface area contributed by atoms with E-state index >= 15 is 0 Å². The zero-order chi connectivity index (χ0) is 22.5. The fourth-order valence-electron chi connectivity index (χ4n) is 1.38. The second-order valence-electron chi connectivity index (χ2n) is 4.59. The molecule has 0 aliphatic heterocycles. The molecule has 0 radical (unpaired) electrons. The first-order valence-corrected chi connectivity index (χ1v) is 5.74. The fourth-order valence-corrected chi connectivity index (χ4v) is 1.38. The average molecular weight is 447 g/mol. The number of alkyl halides is 16. The molecule has 0 atom stereocenters. The maximum atomic E-state index is 13.3. The average Bonchev–Trinajstić information content (AvgIpc) is 2.43. The summed E-state index contributed by atoms with van der Waals surface area (Å²) >= 11 is 0. The van der Waals surface area contributed by atoms with Crippen LogP contribution in [0.25, 0.3) is 0 Å². The lowest BCUT2D eigenvalue weighted by molar-refractivity contribution is -0.509. The predicted molar refractivity (Wildman–Crippen MR) is 50.6 cm³/mol. The van der Waals surface area contributed by atoms with Gasteiger partial charge in [0.1, 0.15) is 0 Å². The highest BCUT2D eigenvalue weighted by atomic mass is 19.4. The van der Waals surface area contributed by atoms with Gasteiger partial charge in [-0.3, -0.25) is 0 Å². The monoisotopic (exact) mass is 447 g/mol. The third kappa shape index (κ3) is 3.73. The van der Waals surface area contributed by atoms with E-state index in [-0.39, 0.29) is 0 Å². The fraction of sp³-hybridized carbons (Fsp3) is 1.00. The van der Waals surface area contributed by atoms with Gasteiger partial charge in [-0.2, -0.15) is 65.9 Å². The Labute approximate surface area is 137 Å². The molecule has 0 aliphatic carbocycles. The molecule has 0 aliphatic rings. The van der Waals surface area contributed by atoms with E-state index in [0.717, 1.165) is 0 Å². The van der Waals surface area contributed by atoms with Gasteiger partial charge in [0.05, 0.1) is 0 Å². The third-order valence-electron chi connectivity index (χ3n) is 2.82. The number of rotatable bonds is 8. The van der Waals surface area contributed by atoms with E-state index in [4.69, 9.17) is 0 Å². The molecule has 18 heteroatoms. The molecule has 0 bridgehead atoms. The quantitative estimate of drug-likeness (QED) is 0.379. The first-order chi connectivity index (χ1) is 11.5. The van der Waals surface area contributed by atoms with E-state index in [0.29, 0.717) is 0 Å². The molecule has 0 aromatic rings. The van der Waals surface area contributed by atoms with Crippen molar-refractivity contribution in [1.29, 1.82) is 0 Å². The van der Waals surface area contributed by atoms with Gasteiger partial charge in [-0.05, 0) is 0 Å². The summed E-state index contributed by atoms with van der Waals surface area (Å²) in [6.45, 7) is -3.85. The number of halogens is 16. The lowest BCUT2D eigenvalue weighted by Crippen LogP contribution is -2.75. The SMILES string of the molecule is COC(F)(F)C(F)(F)C(F)(F)N(C(F)(F)F)C(F)(F)C(F)(F)C(F)(F)CF. The molecule has 0 spiro atoms. The molecule has 27 heavy (non-hydrogen) atoms. The van der Waals surface area contributed by atoms with E-state index in [2.05, 4.69) is 4.74 Å². The molecular weight excluding hydrogens is 442 g/mol. The minimum Gasteiger partial charge on any atom is -0.319 e. The summed E-state index contributed by atoms with van der Waals surface area (Å²) in [5, 5.41) is 0. The summed E-state index contributed by atoms with van der Waals surface area (Å²) in [6, 6.07) is -16.0. The molecule has 0 saturated carbocycles. The normalized spacial score (nSPS) is 16.2. The largest absolute Gasteiger partial charge is 0.469 e. The lowest BCUT2D eigenvalue weighted by atomic mass is 10.1. The van der Waals surface area contributed by atoms with Crippen molar-refractivity contribution in [3.8, 4) is 0 Å². The van der Waals surface area contributed by atoms with Gasteiger partial charge in [-0.1, -0.05) is 4.90 Å². The molecular formula is C9H5F16NO. The van der Waals surface area contributed by atoms with Crippen LogP contribution in [-0.2, 0) is 4.74 Å². The van der Waals surface area contributed by atoms with E-state index in [1.165, 1.54) is 0 Å². The molecule has 0 amide bonds. The van der Waals surface area contributed by atoms with Crippen molar-refractivity contribution in [2.45, 2.75) is 42.3 Å². The standard InChI is InChI=1S/C9H5F16NO/c1-27-8(21,22)5(15,16)7(19,20)26(9(23,24)25)6(17,18)4(13,14)3(11,12)2-10/h2H2,1H3. The first kappa shape index (κ1) is 25.8. The Bertz CT molecular complexity index is 484. The Hall–Kier alpha value is -1.20. The minimum atomic E-state index is -8.04. The lowest BCUT2D eigenvalue weighted by Gasteiger charge is -2.44. The zero-order valence-corrected chi connectivity index (χ0v) is 12.1. The summed E-state index contributed by atoms with van der Waals surface area (Å²) in [7, 11) is -0.508. The van der Waals surface area contributed by atoms with Crippen molar-refractivity contribution in [1.82, 2.24) is 4.90 Å². The molecule has 0 N–H and O–H groups in total. The van der Waals surface area contributed by atoms with Gasteiger partial charge in [0.15, 0.2) is 6.67 Å². The zero-order valence-electron chi connectivity index (χ0n) is 12.1. The highest BCUT2D eigenvalue weighted by Gasteiger charge is 2.87. The summed E-state index contributed by atoms with van der Waals surface area (Å²) in [4.78, 5) is -4.51. The Balaban J connectivity index is 6.81. The minimum absolute atomic E-state index is 0.508. The molecule has 2 nitrogen and oxygen atoms in total. The maximum Gasteiger partial charge on any atom is 0.469 e. The van der Waals surface area contributed by atoms with Crippen LogP contribution in [0.15, 0.2) is 0 Å². The summed E-state index contributed by atoms with van der Waals surface area (Å²) in [6.07, 6.45) is -14.4. The van der Waals surface area contributed by atoms with Crippen LogP contribution < -0.4 is 0 Å². The Morgan fingerprint density at radius 1 is 0.630 bits per heavy atom. The number of nitrogens with zero attached hydrogens (tertiary/aromatic N) is 1. The van der Waals surface area contributed by atoms with E-state index in [1.54, 1.807) is 0 Å². The van der Waals surface area contributed by atoms with E-state index < -0.39 is 61.0 Å². The van der Waals surface area contributed by atoms with Gasteiger partial charge in [0.25, 0.3) is 0 Å². The van der Waals surface area contributed by atoms with Gasteiger partial charge < -0.3 is 4.74 Å². The highest BCUT2D eigenvalue weighted by Crippen LogP contribution is 2.58.